The van der Waals surface area contributed by atoms with E-state index in [0.29, 0.717) is 0 Å². The van der Waals surface area contributed by atoms with E-state index >= 15 is 0 Å². The summed E-state index contributed by atoms with van der Waals surface area (Å²) in [4.78, 5) is 12.1. The molecule has 0 saturated heterocycles. The van der Waals surface area contributed by atoms with Crippen molar-refractivity contribution in [1.29, 1.82) is 0 Å². The van der Waals surface area contributed by atoms with Gasteiger partial charge in [-0.1, -0.05) is 0 Å². The van der Waals surface area contributed by atoms with Crippen LogP contribution in [0.4, 0.5) is 0 Å². The minimum Gasteiger partial charge on any atom is -0.457 e. The molecule has 9 nitrogen and oxygen atoms in total. The number of hydrogen-bond acceptors (Lipinski definition) is 9. The van der Waals surface area contributed by atoms with Crippen molar-refractivity contribution in [3.63, 3.8) is 0 Å². The molecule has 132 valence electrons. The van der Waals surface area contributed by atoms with Crippen molar-refractivity contribution in [2.75, 3.05) is 19.1 Å². The number of esters is 1. The van der Waals surface area contributed by atoms with Crippen molar-refractivity contribution in [2.24, 2.45) is 5.73 Å². The smallest absolute Gasteiger partial charge is 0.355 e. The highest BCUT2D eigenvalue weighted by Crippen LogP contribution is 2.20. The third-order valence-electron chi connectivity index (χ3n) is 2.03. The maximum atomic E-state index is 12.1. The lowest BCUT2D eigenvalue weighted by molar-refractivity contribution is -0.174. The van der Waals surface area contributed by atoms with Crippen molar-refractivity contribution < 1.29 is 34.7 Å². The van der Waals surface area contributed by atoms with Crippen LogP contribution < -0.4 is 5.73 Å². The van der Waals surface area contributed by atoms with Gasteiger partial charge in [0.15, 0.2) is 0 Å². The van der Waals surface area contributed by atoms with Gasteiger partial charge in [0.05, 0.1) is 19.1 Å². The monoisotopic (exact) mass is 361 g/mol. The third-order valence-corrected chi connectivity index (χ3v) is 3.23. The molecule has 0 aromatic carbocycles. The van der Waals surface area contributed by atoms with E-state index in [1.807, 2.05) is 0 Å². The molecule has 22 heavy (non-hydrogen) atoms. The van der Waals surface area contributed by atoms with Crippen LogP contribution in [0.5, 0.6) is 0 Å². The predicted octanol–water partition coefficient (Wildman–Crippen LogP) is -0.284. The normalized spacial score (nSPS) is 16.1. The minimum absolute atomic E-state index is 0.0294. The topological polar surface area (TPSA) is 139 Å². The van der Waals surface area contributed by atoms with Crippen LogP contribution in [0.15, 0.2) is 0 Å². The first kappa shape index (κ1) is 21.2. The molecule has 0 aliphatic rings. The Hall–Kier alpha value is -0.750. The van der Waals surface area contributed by atoms with E-state index in [9.17, 15) is 21.6 Å². The highest BCUT2D eigenvalue weighted by Gasteiger charge is 2.42. The molecule has 0 aliphatic heterocycles. The van der Waals surface area contributed by atoms with Crippen LogP contribution in [-0.4, -0.2) is 53.2 Å². The van der Waals surface area contributed by atoms with Crippen molar-refractivity contribution >= 4 is 26.2 Å². The summed E-state index contributed by atoms with van der Waals surface area (Å²) in [7, 11) is -7.67. The van der Waals surface area contributed by atoms with Gasteiger partial charge in [0, 0.05) is 6.42 Å². The first-order valence-electron chi connectivity index (χ1n) is 6.31. The number of rotatable bonds is 8. The van der Waals surface area contributed by atoms with E-state index in [4.69, 9.17) is 10.5 Å². The van der Waals surface area contributed by atoms with E-state index < -0.39 is 37.5 Å². The summed E-state index contributed by atoms with van der Waals surface area (Å²) in [6.07, 6.45) is 1.28. The van der Waals surface area contributed by atoms with Crippen LogP contribution in [0.3, 0.4) is 0 Å². The molecule has 0 rings (SSSR count). The van der Waals surface area contributed by atoms with Crippen LogP contribution in [0.1, 0.15) is 33.6 Å². The Labute approximate surface area is 131 Å². The molecule has 0 amide bonds. The van der Waals surface area contributed by atoms with Gasteiger partial charge in [0.2, 0.25) is 5.72 Å². The van der Waals surface area contributed by atoms with E-state index in [2.05, 4.69) is 8.37 Å². The van der Waals surface area contributed by atoms with Gasteiger partial charge in [-0.2, -0.15) is 16.8 Å². The van der Waals surface area contributed by atoms with Gasteiger partial charge in [0.25, 0.3) is 20.2 Å². The van der Waals surface area contributed by atoms with Crippen LogP contribution in [0.25, 0.3) is 0 Å². The van der Waals surface area contributed by atoms with E-state index in [-0.39, 0.29) is 19.4 Å². The molecule has 2 N–H and O–H groups in total. The predicted molar refractivity (Wildman–Crippen MR) is 78.7 cm³/mol. The van der Waals surface area contributed by atoms with Crippen LogP contribution in [0, 0.1) is 0 Å². The van der Waals surface area contributed by atoms with Gasteiger partial charge in [-0.3, -0.25) is 9.92 Å². The second-order valence-electron chi connectivity index (χ2n) is 5.81. The quantitative estimate of drug-likeness (QED) is 0.267. The lowest BCUT2D eigenvalue weighted by Gasteiger charge is -2.30. The molecule has 1 atom stereocenters. The Kier molecular flexibility index (Phi) is 6.97. The van der Waals surface area contributed by atoms with Crippen LogP contribution in [0.2, 0.25) is 0 Å². The highest BCUT2D eigenvalue weighted by molar-refractivity contribution is 7.86. The summed E-state index contributed by atoms with van der Waals surface area (Å²) in [6, 6.07) is 0. The van der Waals surface area contributed by atoms with Gasteiger partial charge >= 0.3 is 5.97 Å². The van der Waals surface area contributed by atoms with Crippen LogP contribution in [-0.2, 0) is 38.1 Å². The lowest BCUT2D eigenvalue weighted by Crippen LogP contribution is -2.54. The fraction of sp³-hybridized carbons (Fsp3) is 0.909. The summed E-state index contributed by atoms with van der Waals surface area (Å²) >= 11 is 0. The number of carbonyl (C=O) groups is 1. The molecule has 0 heterocycles. The molecule has 0 spiro atoms. The molecular formula is C11H23NO8S2. The van der Waals surface area contributed by atoms with Gasteiger partial charge in [-0.25, -0.2) is 8.98 Å². The Bertz CT molecular complexity index is 590. The maximum absolute atomic E-state index is 12.1. The van der Waals surface area contributed by atoms with Crippen molar-refractivity contribution in [1.82, 2.24) is 0 Å². The van der Waals surface area contributed by atoms with Crippen molar-refractivity contribution in [2.45, 2.75) is 44.9 Å². The SMILES string of the molecule is CC(C)(C)OC(=O)C(N)(CCCOS(C)(=O)=O)OS(C)(=O)=O. The minimum atomic E-state index is -4.03. The zero-order chi connectivity index (χ0) is 17.8. The first-order valence-corrected chi connectivity index (χ1v) is 9.95. The Morgan fingerprint density at radius 2 is 1.55 bits per heavy atom. The average molecular weight is 361 g/mol. The second-order valence-corrected chi connectivity index (χ2v) is 9.03. The van der Waals surface area contributed by atoms with E-state index in [0.717, 1.165) is 12.5 Å². The fourth-order valence-electron chi connectivity index (χ4n) is 1.36. The number of ether oxygens (including phenoxy) is 1. The van der Waals surface area contributed by atoms with Gasteiger partial charge in [-0.05, 0) is 27.2 Å². The fourth-order valence-corrected chi connectivity index (χ4v) is 2.47. The zero-order valence-electron chi connectivity index (χ0n) is 13.3. The second kappa shape index (κ2) is 7.21. The standard InChI is InChI=1S/C11H23NO8S2/c1-10(2,3)19-9(13)11(12,20-22(5,16)17)7-6-8-18-21(4,14)15/h6-8,12H2,1-5H3. The summed E-state index contributed by atoms with van der Waals surface area (Å²) in [5, 5.41) is 0. The van der Waals surface area contributed by atoms with Crippen molar-refractivity contribution in [3.8, 4) is 0 Å². The zero-order valence-corrected chi connectivity index (χ0v) is 14.9. The van der Waals surface area contributed by atoms with Gasteiger partial charge < -0.3 is 4.74 Å². The Morgan fingerprint density at radius 1 is 1.05 bits per heavy atom. The van der Waals surface area contributed by atoms with Gasteiger partial charge in [0.1, 0.15) is 5.60 Å². The van der Waals surface area contributed by atoms with Crippen LogP contribution >= 0.6 is 0 Å². The molecule has 0 aromatic rings. The summed E-state index contributed by atoms with van der Waals surface area (Å²) in [5.41, 5.74) is 2.56. The van der Waals surface area contributed by atoms with E-state index in [1.165, 1.54) is 0 Å². The van der Waals surface area contributed by atoms with Crippen molar-refractivity contribution in [3.05, 3.63) is 0 Å². The summed E-state index contributed by atoms with van der Waals surface area (Å²) < 4.78 is 58.4. The molecule has 1 unspecified atom stereocenters. The first-order chi connectivity index (χ1) is 9.54. The molecule has 0 radical (unpaired) electrons. The molecule has 0 bridgehead atoms. The summed E-state index contributed by atoms with van der Waals surface area (Å²) in [6.45, 7) is 4.48. The third kappa shape index (κ3) is 10.1. The lowest BCUT2D eigenvalue weighted by atomic mass is 10.1. The number of carbonyl (C=O) groups excluding carboxylic acids is 1. The van der Waals surface area contributed by atoms with Gasteiger partial charge in [-0.15, -0.1) is 0 Å². The number of hydrogen-bond donors (Lipinski definition) is 1. The average Bonchev–Trinajstić information content (AvgIpc) is 2.18. The molecule has 0 aromatic heterocycles. The largest absolute Gasteiger partial charge is 0.457 e. The van der Waals surface area contributed by atoms with E-state index in [1.54, 1.807) is 20.8 Å². The molecule has 0 saturated carbocycles. The Balaban J connectivity index is 4.99. The molecular weight excluding hydrogens is 338 g/mol. The maximum Gasteiger partial charge on any atom is 0.355 e. The number of nitrogens with two attached hydrogens (primary N) is 1. The molecule has 0 aliphatic carbocycles. The highest BCUT2D eigenvalue weighted by atomic mass is 32.2. The molecule has 11 heteroatoms. The Morgan fingerprint density at radius 3 is 1.91 bits per heavy atom. The summed E-state index contributed by atoms with van der Waals surface area (Å²) in [5.74, 6) is -1.07. The molecule has 0 fully saturated rings.